The molecule has 120 valence electrons. The first-order valence-electron chi connectivity index (χ1n) is 7.75. The molecule has 0 N–H and O–H groups in total. The highest BCUT2D eigenvalue weighted by Gasteiger charge is 2.31. The third kappa shape index (κ3) is 3.85. The van der Waals surface area contributed by atoms with Crippen molar-refractivity contribution in [3.8, 4) is 0 Å². The number of rotatable bonds is 4. The number of pyridine rings is 1. The summed E-state index contributed by atoms with van der Waals surface area (Å²) in [6.45, 7) is 1.05. The fourth-order valence-corrected chi connectivity index (χ4v) is 3.21. The van der Waals surface area contributed by atoms with Crippen molar-refractivity contribution < 1.29 is 9.53 Å². The van der Waals surface area contributed by atoms with E-state index >= 15 is 0 Å². The molecule has 0 unspecified atom stereocenters. The maximum Gasteiger partial charge on any atom is 0.410 e. The Hall–Kier alpha value is -2.01. The van der Waals surface area contributed by atoms with Gasteiger partial charge in [0.05, 0.1) is 11.1 Å². The number of thioether (sulfide) groups is 1. The molecule has 0 bridgehead atoms. The van der Waals surface area contributed by atoms with Gasteiger partial charge < -0.3 is 9.64 Å². The van der Waals surface area contributed by atoms with Gasteiger partial charge in [-0.3, -0.25) is 0 Å². The summed E-state index contributed by atoms with van der Waals surface area (Å²) in [6, 6.07) is 13.9. The number of aromatic nitrogens is 1. The first-order valence-corrected chi connectivity index (χ1v) is 8.97. The summed E-state index contributed by atoms with van der Waals surface area (Å²) in [4.78, 5) is 18.6. The van der Waals surface area contributed by atoms with Crippen LogP contribution in [0.4, 0.5) is 4.79 Å². The van der Waals surface area contributed by atoms with Crippen molar-refractivity contribution in [3.63, 3.8) is 0 Å². The Bertz CT molecular complexity index is 646. The Kier molecular flexibility index (Phi) is 5.18. The predicted octanol–water partition coefficient (Wildman–Crippen LogP) is 4.28. The summed E-state index contributed by atoms with van der Waals surface area (Å²) >= 11 is 1.62. The van der Waals surface area contributed by atoms with Crippen molar-refractivity contribution >= 4 is 17.9 Å². The lowest BCUT2D eigenvalue weighted by molar-refractivity contribution is 0.0920. The van der Waals surface area contributed by atoms with Gasteiger partial charge in [-0.05, 0) is 36.3 Å². The van der Waals surface area contributed by atoms with Crippen molar-refractivity contribution in [2.75, 3.05) is 12.8 Å². The molecule has 1 fully saturated rings. The van der Waals surface area contributed by atoms with Crippen LogP contribution in [0.25, 0.3) is 0 Å². The van der Waals surface area contributed by atoms with E-state index in [1.54, 1.807) is 11.8 Å². The Balaban J connectivity index is 1.64. The average molecular weight is 328 g/mol. The van der Waals surface area contributed by atoms with Crippen LogP contribution in [-0.4, -0.2) is 28.8 Å². The van der Waals surface area contributed by atoms with Crippen LogP contribution in [0.1, 0.15) is 30.0 Å². The minimum Gasteiger partial charge on any atom is -0.445 e. The number of carbonyl (C=O) groups is 1. The molecule has 5 heteroatoms. The molecule has 0 saturated carbocycles. The molecule has 0 spiro atoms. The Morgan fingerprint density at radius 1 is 1.30 bits per heavy atom. The maximum atomic E-state index is 12.4. The lowest BCUT2D eigenvalue weighted by Crippen LogP contribution is -2.31. The number of hydrogen-bond acceptors (Lipinski definition) is 4. The van der Waals surface area contributed by atoms with Gasteiger partial charge in [0.25, 0.3) is 0 Å². The normalized spacial score (nSPS) is 17.3. The van der Waals surface area contributed by atoms with E-state index in [9.17, 15) is 4.79 Å². The molecular weight excluding hydrogens is 308 g/mol. The zero-order valence-electron chi connectivity index (χ0n) is 13.1. The molecule has 0 aliphatic carbocycles. The first kappa shape index (κ1) is 15.9. The molecule has 1 amide bonds. The molecule has 4 nitrogen and oxygen atoms in total. The molecule has 1 aliphatic heterocycles. The molecular formula is C18H20N2O2S. The first-order chi connectivity index (χ1) is 11.3. The van der Waals surface area contributed by atoms with Gasteiger partial charge in [0.2, 0.25) is 0 Å². The minimum atomic E-state index is -0.245. The summed E-state index contributed by atoms with van der Waals surface area (Å²) in [7, 11) is 0. The molecule has 2 aromatic rings. The number of hydrogen-bond donors (Lipinski definition) is 0. The molecule has 1 aliphatic rings. The minimum absolute atomic E-state index is 0.0710. The number of amides is 1. The predicted molar refractivity (Wildman–Crippen MR) is 91.3 cm³/mol. The maximum absolute atomic E-state index is 12.4. The molecule has 0 radical (unpaired) electrons. The van der Waals surface area contributed by atoms with Gasteiger partial charge in [0.1, 0.15) is 6.61 Å². The van der Waals surface area contributed by atoms with Gasteiger partial charge in [-0.1, -0.05) is 36.4 Å². The molecule has 2 heterocycles. The van der Waals surface area contributed by atoms with E-state index in [-0.39, 0.29) is 12.1 Å². The van der Waals surface area contributed by atoms with E-state index < -0.39 is 0 Å². The summed E-state index contributed by atoms with van der Waals surface area (Å²) in [6.07, 6.45) is 5.59. The highest BCUT2D eigenvalue weighted by molar-refractivity contribution is 7.98. The standard InChI is InChI=1S/C18H20N2O2S/c1-23-17-10-9-15(12-19-17)16-8-5-11-20(16)18(21)22-13-14-6-3-2-4-7-14/h2-4,6-7,9-10,12,16H,5,8,11,13H2,1H3/t16-/m1/s1. The van der Waals surface area contributed by atoms with E-state index in [0.29, 0.717) is 6.61 Å². The van der Waals surface area contributed by atoms with Crippen molar-refractivity contribution in [2.45, 2.75) is 30.5 Å². The van der Waals surface area contributed by atoms with Crippen LogP contribution < -0.4 is 0 Å². The van der Waals surface area contributed by atoms with Gasteiger partial charge in [-0.15, -0.1) is 11.8 Å². The van der Waals surface area contributed by atoms with Gasteiger partial charge in [0, 0.05) is 12.7 Å². The molecule has 3 rings (SSSR count). The van der Waals surface area contributed by atoms with Crippen LogP contribution in [0.15, 0.2) is 53.7 Å². The zero-order valence-corrected chi connectivity index (χ0v) is 14.0. The van der Waals surface area contributed by atoms with Crippen LogP contribution in [0.3, 0.4) is 0 Å². The third-order valence-corrected chi connectivity index (χ3v) is 4.71. The van der Waals surface area contributed by atoms with Gasteiger partial charge in [-0.2, -0.15) is 0 Å². The van der Waals surface area contributed by atoms with Crippen molar-refractivity contribution in [2.24, 2.45) is 0 Å². The summed E-state index contributed by atoms with van der Waals surface area (Å²) in [5.74, 6) is 0. The lowest BCUT2D eigenvalue weighted by Gasteiger charge is -2.24. The van der Waals surface area contributed by atoms with Crippen LogP contribution in [0.2, 0.25) is 0 Å². The number of carbonyl (C=O) groups excluding carboxylic acids is 1. The Morgan fingerprint density at radius 2 is 2.13 bits per heavy atom. The molecule has 1 saturated heterocycles. The fourth-order valence-electron chi connectivity index (χ4n) is 2.84. The zero-order chi connectivity index (χ0) is 16.1. The second-order valence-electron chi connectivity index (χ2n) is 5.53. The number of nitrogens with zero attached hydrogens (tertiary/aromatic N) is 2. The smallest absolute Gasteiger partial charge is 0.410 e. The summed E-state index contributed by atoms with van der Waals surface area (Å²) in [5.41, 5.74) is 2.08. The highest BCUT2D eigenvalue weighted by atomic mass is 32.2. The monoisotopic (exact) mass is 328 g/mol. The quantitative estimate of drug-likeness (QED) is 0.786. The topological polar surface area (TPSA) is 42.4 Å². The second kappa shape index (κ2) is 7.51. The van der Waals surface area contributed by atoms with Gasteiger partial charge in [0.15, 0.2) is 0 Å². The lowest BCUT2D eigenvalue weighted by atomic mass is 10.1. The third-order valence-electron chi connectivity index (χ3n) is 4.05. The Morgan fingerprint density at radius 3 is 2.83 bits per heavy atom. The number of likely N-dealkylation sites (tertiary alicyclic amines) is 1. The molecule has 1 atom stereocenters. The van der Waals surface area contributed by atoms with Crippen molar-refractivity contribution in [1.29, 1.82) is 0 Å². The van der Waals surface area contributed by atoms with Crippen molar-refractivity contribution in [3.05, 3.63) is 59.8 Å². The van der Waals surface area contributed by atoms with Gasteiger partial charge in [-0.25, -0.2) is 9.78 Å². The van der Waals surface area contributed by atoms with Crippen LogP contribution in [-0.2, 0) is 11.3 Å². The fraction of sp³-hybridized carbons (Fsp3) is 0.333. The largest absolute Gasteiger partial charge is 0.445 e. The molecule has 1 aromatic carbocycles. The number of benzene rings is 1. The van der Waals surface area contributed by atoms with Crippen molar-refractivity contribution in [1.82, 2.24) is 9.88 Å². The summed E-state index contributed by atoms with van der Waals surface area (Å²) < 4.78 is 5.47. The average Bonchev–Trinajstić information content (AvgIpc) is 3.10. The van der Waals surface area contributed by atoms with Crippen LogP contribution >= 0.6 is 11.8 Å². The summed E-state index contributed by atoms with van der Waals surface area (Å²) in [5, 5.41) is 0.991. The van der Waals surface area contributed by atoms with Crippen LogP contribution in [0, 0.1) is 0 Å². The number of ether oxygens (including phenoxy) is 1. The molecule has 23 heavy (non-hydrogen) atoms. The highest BCUT2D eigenvalue weighted by Crippen LogP contribution is 2.32. The Labute approximate surface area is 140 Å². The molecule has 1 aromatic heterocycles. The van der Waals surface area contributed by atoms with Crippen LogP contribution in [0.5, 0.6) is 0 Å². The van der Waals surface area contributed by atoms with E-state index in [1.807, 2.05) is 53.8 Å². The second-order valence-corrected chi connectivity index (χ2v) is 6.35. The van der Waals surface area contributed by atoms with E-state index in [4.69, 9.17) is 4.74 Å². The van der Waals surface area contributed by atoms with E-state index in [0.717, 1.165) is 35.5 Å². The van der Waals surface area contributed by atoms with E-state index in [1.165, 1.54) is 0 Å². The van der Waals surface area contributed by atoms with E-state index in [2.05, 4.69) is 11.1 Å². The van der Waals surface area contributed by atoms with Gasteiger partial charge >= 0.3 is 6.09 Å². The SMILES string of the molecule is CSc1ccc([C@H]2CCCN2C(=O)OCc2ccccc2)cn1.